The van der Waals surface area contributed by atoms with Gasteiger partial charge in [0.1, 0.15) is 0 Å². The van der Waals surface area contributed by atoms with Gasteiger partial charge >= 0.3 is 0 Å². The Labute approximate surface area is 159 Å². The van der Waals surface area contributed by atoms with Crippen LogP contribution >= 0.6 is 0 Å². The van der Waals surface area contributed by atoms with E-state index >= 15 is 0 Å². The molecule has 0 saturated carbocycles. The van der Waals surface area contributed by atoms with E-state index in [-0.39, 0.29) is 17.3 Å². The van der Waals surface area contributed by atoms with Gasteiger partial charge < -0.3 is 19.5 Å². The van der Waals surface area contributed by atoms with Crippen LogP contribution in [-0.2, 0) is 16.6 Å². The average Bonchev–Trinajstić information content (AvgIpc) is 3.08. The smallest absolute Gasteiger partial charge is 0.290 e. The molecule has 6 heteroatoms. The molecule has 2 aromatic rings. The molecule has 0 saturated heterocycles. The van der Waals surface area contributed by atoms with E-state index in [1.54, 1.807) is 18.7 Å². The lowest BCUT2D eigenvalue weighted by Gasteiger charge is -2.28. The lowest BCUT2D eigenvalue weighted by atomic mass is 9.91. The molecule has 1 atom stereocenters. The van der Waals surface area contributed by atoms with Crippen LogP contribution in [0.1, 0.15) is 25.5 Å². The number of Topliss-reactive ketones (excluding diaryl/α,β-unsaturated/α-hetero) is 1. The van der Waals surface area contributed by atoms with Gasteiger partial charge in [0.2, 0.25) is 0 Å². The van der Waals surface area contributed by atoms with Gasteiger partial charge in [0.25, 0.3) is 5.91 Å². The number of fused-ring (bicyclic) bond motifs is 1. The first-order valence-electron chi connectivity index (χ1n) is 9.21. The molecule has 1 N–H and O–H groups in total. The van der Waals surface area contributed by atoms with Gasteiger partial charge in [-0.3, -0.25) is 9.59 Å². The van der Waals surface area contributed by atoms with Gasteiger partial charge in [-0.05, 0) is 20.2 Å². The third-order valence-corrected chi connectivity index (χ3v) is 5.10. The first-order valence-corrected chi connectivity index (χ1v) is 9.21. The number of rotatable bonds is 6. The summed E-state index contributed by atoms with van der Waals surface area (Å²) in [5.74, 6) is -1.38. The normalized spacial score (nSPS) is 17.8. The molecule has 1 aliphatic heterocycles. The number of hydrogen-bond donors (Lipinski definition) is 1. The van der Waals surface area contributed by atoms with E-state index in [9.17, 15) is 14.7 Å². The Morgan fingerprint density at radius 1 is 1.26 bits per heavy atom. The predicted octanol–water partition coefficient (Wildman–Crippen LogP) is 2.66. The van der Waals surface area contributed by atoms with Crippen LogP contribution in [0.2, 0.25) is 0 Å². The highest BCUT2D eigenvalue weighted by Crippen LogP contribution is 2.41. The van der Waals surface area contributed by atoms with E-state index in [1.165, 1.54) is 0 Å². The molecule has 0 aliphatic carbocycles. The van der Waals surface area contributed by atoms with E-state index in [4.69, 9.17) is 0 Å². The maximum atomic E-state index is 12.9. The van der Waals surface area contributed by atoms with E-state index in [1.807, 2.05) is 61.1 Å². The fourth-order valence-electron chi connectivity index (χ4n) is 3.67. The molecular formula is C21H27N3O3. The van der Waals surface area contributed by atoms with E-state index in [2.05, 4.69) is 0 Å². The lowest BCUT2D eigenvalue weighted by molar-refractivity contribution is -0.129. The highest BCUT2D eigenvalue weighted by atomic mass is 16.3. The number of hydrogen-bond acceptors (Lipinski definition) is 4. The number of nitrogens with zero attached hydrogens (tertiary/aromatic N) is 3. The van der Waals surface area contributed by atoms with E-state index in [0.29, 0.717) is 13.1 Å². The molecule has 1 aromatic heterocycles. The average molecular weight is 369 g/mol. The van der Waals surface area contributed by atoms with Crippen molar-refractivity contribution in [2.45, 2.75) is 19.9 Å². The minimum absolute atomic E-state index is 0.189. The van der Waals surface area contributed by atoms with Crippen molar-refractivity contribution in [1.29, 1.82) is 0 Å². The topological polar surface area (TPSA) is 65.8 Å². The Balaban J connectivity index is 2.18. The summed E-state index contributed by atoms with van der Waals surface area (Å²) >= 11 is 0. The first-order chi connectivity index (χ1) is 12.7. The van der Waals surface area contributed by atoms with E-state index in [0.717, 1.165) is 16.5 Å². The molecule has 3 rings (SSSR count). The molecule has 0 spiro atoms. The number of likely N-dealkylation sites (N-methyl/N-ethyl adjacent to an activating group) is 1. The minimum Gasteiger partial charge on any atom is -0.503 e. The standard InChI is InChI=1S/C21H27N3O3/c1-13(2)19(25)17-18(24(11-10-22(3)4)21(27)20(17)26)15-12-23(5)16-9-7-6-8-14(15)16/h6-9,12-13,18,26H,10-11H2,1-5H3. The van der Waals surface area contributed by atoms with Crippen LogP contribution in [0.5, 0.6) is 0 Å². The molecule has 1 aliphatic rings. The molecule has 2 heterocycles. The minimum atomic E-state index is -0.571. The summed E-state index contributed by atoms with van der Waals surface area (Å²) in [5, 5.41) is 11.6. The van der Waals surface area contributed by atoms with E-state index < -0.39 is 17.7 Å². The van der Waals surface area contributed by atoms with Gasteiger partial charge in [0, 0.05) is 48.7 Å². The summed E-state index contributed by atoms with van der Waals surface area (Å²) in [6.45, 7) is 4.65. The van der Waals surface area contributed by atoms with Crippen LogP contribution in [0.15, 0.2) is 41.8 Å². The molecule has 0 radical (unpaired) electrons. The lowest BCUT2D eigenvalue weighted by Crippen LogP contribution is -2.36. The second-order valence-corrected chi connectivity index (χ2v) is 7.70. The molecule has 144 valence electrons. The Morgan fingerprint density at radius 2 is 1.93 bits per heavy atom. The number of aromatic nitrogens is 1. The number of benzene rings is 1. The summed E-state index contributed by atoms with van der Waals surface area (Å²) in [5.41, 5.74) is 2.11. The monoisotopic (exact) mass is 369 g/mol. The van der Waals surface area contributed by atoms with Crippen LogP contribution in [0.25, 0.3) is 10.9 Å². The quantitative estimate of drug-likeness (QED) is 0.850. The largest absolute Gasteiger partial charge is 0.503 e. The van der Waals surface area contributed by atoms with Crippen LogP contribution in [0.4, 0.5) is 0 Å². The number of carbonyl (C=O) groups excluding carboxylic acids is 2. The van der Waals surface area contributed by atoms with Crippen LogP contribution in [-0.4, -0.2) is 58.3 Å². The van der Waals surface area contributed by atoms with Gasteiger partial charge in [-0.1, -0.05) is 32.0 Å². The fraction of sp³-hybridized carbons (Fsp3) is 0.429. The Hall–Kier alpha value is -2.60. The highest BCUT2D eigenvalue weighted by Gasteiger charge is 2.44. The third kappa shape index (κ3) is 3.25. The SMILES string of the molecule is CC(C)C(=O)C1=C(O)C(=O)N(CCN(C)C)C1c1cn(C)c2ccccc12. The summed E-state index contributed by atoms with van der Waals surface area (Å²) in [7, 11) is 5.81. The van der Waals surface area contributed by atoms with Crippen LogP contribution in [0, 0.1) is 5.92 Å². The second-order valence-electron chi connectivity index (χ2n) is 7.70. The zero-order valence-electron chi connectivity index (χ0n) is 16.6. The molecule has 0 bridgehead atoms. The first kappa shape index (κ1) is 19.2. The Morgan fingerprint density at radius 3 is 2.56 bits per heavy atom. The fourth-order valence-corrected chi connectivity index (χ4v) is 3.67. The summed E-state index contributed by atoms with van der Waals surface area (Å²) in [6, 6.07) is 7.33. The zero-order chi connectivity index (χ0) is 19.9. The summed E-state index contributed by atoms with van der Waals surface area (Å²) in [4.78, 5) is 29.3. The number of ketones is 1. The number of carbonyl (C=O) groups is 2. The third-order valence-electron chi connectivity index (χ3n) is 5.10. The molecule has 1 aromatic carbocycles. The van der Waals surface area contributed by atoms with Crippen molar-refractivity contribution in [2.24, 2.45) is 13.0 Å². The van der Waals surface area contributed by atoms with Crippen molar-refractivity contribution < 1.29 is 14.7 Å². The van der Waals surface area contributed by atoms with Gasteiger partial charge in [0.15, 0.2) is 11.5 Å². The highest BCUT2D eigenvalue weighted by molar-refractivity contribution is 6.10. The molecule has 6 nitrogen and oxygen atoms in total. The number of aryl methyl sites for hydroxylation is 1. The van der Waals surface area contributed by atoms with Crippen molar-refractivity contribution in [1.82, 2.24) is 14.4 Å². The molecule has 27 heavy (non-hydrogen) atoms. The maximum absolute atomic E-state index is 12.9. The van der Waals surface area contributed by atoms with Gasteiger partial charge in [0.05, 0.1) is 11.6 Å². The second kappa shape index (κ2) is 7.19. The number of aliphatic hydroxyl groups excluding tert-OH is 1. The number of amides is 1. The van der Waals surface area contributed by atoms with Crippen molar-refractivity contribution in [2.75, 3.05) is 27.2 Å². The Bertz CT molecular complexity index is 924. The van der Waals surface area contributed by atoms with Gasteiger partial charge in [-0.25, -0.2) is 0 Å². The molecular weight excluding hydrogens is 342 g/mol. The number of aliphatic hydroxyl groups is 1. The molecule has 1 unspecified atom stereocenters. The maximum Gasteiger partial charge on any atom is 0.290 e. The van der Waals surface area contributed by atoms with Crippen molar-refractivity contribution in [3.63, 3.8) is 0 Å². The van der Waals surface area contributed by atoms with Crippen molar-refractivity contribution in [3.8, 4) is 0 Å². The van der Waals surface area contributed by atoms with Crippen LogP contribution in [0.3, 0.4) is 0 Å². The summed E-state index contributed by atoms with van der Waals surface area (Å²) < 4.78 is 1.99. The van der Waals surface area contributed by atoms with Gasteiger partial charge in [-0.2, -0.15) is 0 Å². The summed E-state index contributed by atoms with van der Waals surface area (Å²) in [6.07, 6.45) is 1.96. The van der Waals surface area contributed by atoms with Crippen molar-refractivity contribution in [3.05, 3.63) is 47.4 Å². The number of para-hydroxylation sites is 1. The Kier molecular flexibility index (Phi) is 5.11. The molecule has 0 fully saturated rings. The molecule has 1 amide bonds. The van der Waals surface area contributed by atoms with Crippen molar-refractivity contribution >= 4 is 22.6 Å². The van der Waals surface area contributed by atoms with Gasteiger partial charge in [-0.15, -0.1) is 0 Å². The zero-order valence-corrected chi connectivity index (χ0v) is 16.6. The van der Waals surface area contributed by atoms with Crippen LogP contribution < -0.4 is 0 Å². The predicted molar refractivity (Wildman–Crippen MR) is 105 cm³/mol.